The number of unbranched alkanes of at least 4 members (excludes halogenated alkanes) is 1. The molecule has 3 aromatic rings. The number of amides is 3. The van der Waals surface area contributed by atoms with Crippen LogP contribution < -0.4 is 9.80 Å². The molecule has 1 N–H and O–H groups in total. The van der Waals surface area contributed by atoms with Gasteiger partial charge >= 0.3 is 5.97 Å². The Morgan fingerprint density at radius 2 is 1.70 bits per heavy atom. The molecule has 0 radical (unpaired) electrons. The van der Waals surface area contributed by atoms with Crippen molar-refractivity contribution < 1.29 is 37.9 Å². The van der Waals surface area contributed by atoms with Gasteiger partial charge in [-0.15, -0.1) is 0 Å². The molecule has 3 aromatic carbocycles. The molecule has 4 aliphatic heterocycles. The van der Waals surface area contributed by atoms with Crippen molar-refractivity contribution in [2.45, 2.75) is 94.8 Å². The van der Waals surface area contributed by atoms with E-state index in [-0.39, 0.29) is 43.1 Å². The zero-order chi connectivity index (χ0) is 37.7. The average molecular weight is 742 g/mol. The van der Waals surface area contributed by atoms with Gasteiger partial charge in [0.15, 0.2) is 5.60 Å². The molecule has 0 saturated carbocycles. The van der Waals surface area contributed by atoms with Crippen LogP contribution >= 0.6 is 0 Å². The molecule has 0 aliphatic carbocycles. The number of anilines is 3. The summed E-state index contributed by atoms with van der Waals surface area (Å²) in [4.78, 5) is 59.6. The van der Waals surface area contributed by atoms with Crippen LogP contribution in [0.25, 0.3) is 0 Å². The van der Waals surface area contributed by atoms with Gasteiger partial charge in [0.1, 0.15) is 0 Å². The molecule has 1 spiro atoms. The van der Waals surface area contributed by atoms with Gasteiger partial charge in [-0.2, -0.15) is 0 Å². The summed E-state index contributed by atoms with van der Waals surface area (Å²) in [5.41, 5.74) is 3.33. The van der Waals surface area contributed by atoms with Gasteiger partial charge in [-0.1, -0.05) is 49.4 Å². The number of halogens is 1. The van der Waals surface area contributed by atoms with Crippen molar-refractivity contribution in [1.82, 2.24) is 4.90 Å². The lowest BCUT2D eigenvalue weighted by molar-refractivity contribution is -0.151. The number of carbonyl (C=O) groups excluding carboxylic acids is 4. The SMILES string of the molecule is COC(=O)CCCCN1C(=O)[C@@]2(O[C@@H](CC(=O)N3Cc4ccccc4C[C@H]3CO)[C@H]([Si](C)(C)F)[C@H]2C)c2cc(N3C(=O)CCc4ccccc43)ccc21. The first-order valence-corrected chi connectivity index (χ1v) is 21.6. The first-order chi connectivity index (χ1) is 25.4. The predicted molar refractivity (Wildman–Crippen MR) is 201 cm³/mol. The highest BCUT2D eigenvalue weighted by Gasteiger charge is 2.67. The van der Waals surface area contributed by atoms with Gasteiger partial charge < -0.3 is 28.5 Å². The standard InChI is InChI=1S/C41H48FN3O7Si/c1-26-39(53(3,4)42)35(23-37(48)44-24-29-13-6-5-12-28(29)21-31(44)25-46)52-41(26)32-22-30(45-33-14-8-7-11-27(33)16-19-36(45)47)17-18-34(32)43(40(41)50)20-10-9-15-38(49)51-2/h5-8,11-14,17-18,22,26,31,35,39,46H,9-10,15-16,19-21,23-25H2,1-4H3/t26-,31+,35+,39-,41+/m1/s1. The summed E-state index contributed by atoms with van der Waals surface area (Å²) in [5, 5.41) is 10.3. The Hall–Kier alpha value is -4.39. The largest absolute Gasteiger partial charge is 0.469 e. The highest BCUT2D eigenvalue weighted by Crippen LogP contribution is 2.61. The third-order valence-corrected chi connectivity index (χ3v) is 14.3. The van der Waals surface area contributed by atoms with Crippen LogP contribution in [0.1, 0.15) is 61.3 Å². The van der Waals surface area contributed by atoms with E-state index < -0.39 is 37.6 Å². The number of benzene rings is 3. The molecule has 0 aromatic heterocycles. The minimum absolute atomic E-state index is 0.0673. The first-order valence-electron chi connectivity index (χ1n) is 18.7. The third kappa shape index (κ3) is 6.48. The van der Waals surface area contributed by atoms with Crippen LogP contribution in [0.4, 0.5) is 21.2 Å². The Bertz CT molecular complexity index is 1930. The smallest absolute Gasteiger partial charge is 0.305 e. The molecule has 0 bridgehead atoms. The summed E-state index contributed by atoms with van der Waals surface area (Å²) in [6.45, 7) is 5.47. The fourth-order valence-corrected chi connectivity index (χ4v) is 11.8. The number of para-hydroxylation sites is 1. The number of aliphatic hydroxyl groups excluding tert-OH is 1. The van der Waals surface area contributed by atoms with Gasteiger partial charge in [0.2, 0.25) is 20.2 Å². The Morgan fingerprint density at radius 3 is 2.42 bits per heavy atom. The number of hydrogen-bond acceptors (Lipinski definition) is 7. The quantitative estimate of drug-likeness (QED) is 0.116. The molecule has 4 heterocycles. The number of carbonyl (C=O) groups is 4. The van der Waals surface area contributed by atoms with Crippen LogP contribution in [0, 0.1) is 5.92 Å². The molecule has 3 amide bonds. The van der Waals surface area contributed by atoms with Crippen molar-refractivity contribution in [2.24, 2.45) is 5.92 Å². The number of methoxy groups -OCH3 is 1. The number of nitrogens with zero attached hydrogens (tertiary/aromatic N) is 3. The van der Waals surface area contributed by atoms with Crippen LogP contribution in [0.15, 0.2) is 66.7 Å². The molecule has 5 atom stereocenters. The second-order valence-corrected chi connectivity index (χ2v) is 19.2. The monoisotopic (exact) mass is 741 g/mol. The molecule has 1 fully saturated rings. The summed E-state index contributed by atoms with van der Waals surface area (Å²) in [6, 6.07) is 20.7. The lowest BCUT2D eigenvalue weighted by atomic mass is 9.82. The van der Waals surface area contributed by atoms with Crippen LogP contribution in [0.2, 0.25) is 18.6 Å². The third-order valence-electron chi connectivity index (χ3n) is 11.8. The second-order valence-electron chi connectivity index (χ2n) is 15.4. The van der Waals surface area contributed by atoms with Gasteiger partial charge in [0, 0.05) is 48.6 Å². The van der Waals surface area contributed by atoms with Crippen molar-refractivity contribution in [3.8, 4) is 0 Å². The zero-order valence-electron chi connectivity index (χ0n) is 30.8. The number of hydrogen-bond donors (Lipinski definition) is 1. The van der Waals surface area contributed by atoms with Gasteiger partial charge in [-0.3, -0.25) is 24.1 Å². The molecule has 10 nitrogen and oxygen atoms in total. The number of aryl methyl sites for hydroxylation is 1. The van der Waals surface area contributed by atoms with E-state index in [1.807, 2.05) is 73.7 Å². The first kappa shape index (κ1) is 36.9. The fourth-order valence-electron chi connectivity index (χ4n) is 9.28. The van der Waals surface area contributed by atoms with Crippen molar-refractivity contribution in [2.75, 3.05) is 30.1 Å². The minimum atomic E-state index is -3.60. The minimum Gasteiger partial charge on any atom is -0.469 e. The Morgan fingerprint density at radius 1 is 0.981 bits per heavy atom. The van der Waals surface area contributed by atoms with E-state index in [9.17, 15) is 24.3 Å². The maximum absolute atomic E-state index is 16.7. The van der Waals surface area contributed by atoms with E-state index in [2.05, 4.69) is 0 Å². The van der Waals surface area contributed by atoms with Gasteiger partial charge in [-0.25, -0.2) is 0 Å². The zero-order valence-corrected chi connectivity index (χ0v) is 31.8. The van der Waals surface area contributed by atoms with E-state index in [0.717, 1.165) is 22.4 Å². The maximum Gasteiger partial charge on any atom is 0.305 e. The Labute approximate surface area is 311 Å². The van der Waals surface area contributed by atoms with E-state index in [4.69, 9.17) is 9.47 Å². The van der Waals surface area contributed by atoms with E-state index >= 15 is 4.11 Å². The summed E-state index contributed by atoms with van der Waals surface area (Å²) in [5.74, 6) is -1.63. The highest BCUT2D eigenvalue weighted by molar-refractivity contribution is 6.72. The Kier molecular flexibility index (Phi) is 10.1. The lowest BCUT2D eigenvalue weighted by Gasteiger charge is -2.37. The maximum atomic E-state index is 16.7. The molecule has 12 heteroatoms. The highest BCUT2D eigenvalue weighted by atomic mass is 28.4. The second kappa shape index (κ2) is 14.4. The van der Waals surface area contributed by atoms with Crippen LogP contribution in [-0.2, 0) is 53.6 Å². The van der Waals surface area contributed by atoms with Crippen LogP contribution in [-0.4, -0.2) is 74.5 Å². The van der Waals surface area contributed by atoms with E-state index in [0.29, 0.717) is 62.1 Å². The summed E-state index contributed by atoms with van der Waals surface area (Å²) < 4.78 is 28.4. The van der Waals surface area contributed by atoms with Crippen molar-refractivity contribution >= 4 is 49.2 Å². The Balaban J connectivity index is 1.27. The van der Waals surface area contributed by atoms with Crippen molar-refractivity contribution in [1.29, 1.82) is 0 Å². The van der Waals surface area contributed by atoms with Gasteiger partial charge in [0.05, 0.1) is 43.7 Å². The topological polar surface area (TPSA) is 117 Å². The van der Waals surface area contributed by atoms with Crippen molar-refractivity contribution in [3.05, 3.63) is 89.0 Å². The normalized spacial score (nSPS) is 25.1. The summed E-state index contributed by atoms with van der Waals surface area (Å²) in [7, 11) is -2.26. The summed E-state index contributed by atoms with van der Waals surface area (Å²) in [6.07, 6.45) is 1.65. The molecule has 4 aliphatic rings. The van der Waals surface area contributed by atoms with Crippen molar-refractivity contribution in [3.63, 3.8) is 0 Å². The number of rotatable bonds is 10. The molecule has 7 rings (SSSR count). The van der Waals surface area contributed by atoms with E-state index in [1.54, 1.807) is 27.8 Å². The number of fused-ring (bicyclic) bond motifs is 4. The number of ether oxygens (including phenoxy) is 2. The average Bonchev–Trinajstić information content (AvgIpc) is 3.57. The van der Waals surface area contributed by atoms with E-state index in [1.165, 1.54) is 7.11 Å². The molecule has 0 unspecified atom stereocenters. The fraction of sp³-hybridized carbons (Fsp3) is 0.463. The van der Waals surface area contributed by atoms with Gasteiger partial charge in [0.25, 0.3) is 5.91 Å². The molecular weight excluding hydrogens is 694 g/mol. The molecule has 280 valence electrons. The number of aliphatic hydroxyl groups is 1. The molecular formula is C41H48FN3O7Si. The number of esters is 1. The van der Waals surface area contributed by atoms with Gasteiger partial charge in [-0.05, 0) is 79.7 Å². The summed E-state index contributed by atoms with van der Waals surface area (Å²) >= 11 is 0. The lowest BCUT2D eigenvalue weighted by Crippen LogP contribution is -2.48. The molecule has 1 saturated heterocycles. The van der Waals surface area contributed by atoms with Crippen LogP contribution in [0.5, 0.6) is 0 Å². The van der Waals surface area contributed by atoms with Crippen LogP contribution in [0.3, 0.4) is 0 Å². The predicted octanol–water partition coefficient (Wildman–Crippen LogP) is 6.10. The molecule has 53 heavy (non-hydrogen) atoms.